The van der Waals surface area contributed by atoms with Gasteiger partial charge in [0.1, 0.15) is 0 Å². The highest BCUT2D eigenvalue weighted by molar-refractivity contribution is 5.35. The second-order valence-corrected chi connectivity index (χ2v) is 6.86. The van der Waals surface area contributed by atoms with Crippen LogP contribution in [0.2, 0.25) is 0 Å². The molecule has 0 aliphatic heterocycles. The molecule has 92 valence electrons. The van der Waals surface area contributed by atoms with Crippen LogP contribution >= 0.6 is 0 Å². The second-order valence-electron chi connectivity index (χ2n) is 6.86. The van der Waals surface area contributed by atoms with E-state index in [4.69, 9.17) is 0 Å². The molecule has 16 heavy (non-hydrogen) atoms. The van der Waals surface area contributed by atoms with Crippen molar-refractivity contribution in [3.05, 3.63) is 11.1 Å². The molecule has 0 saturated heterocycles. The third-order valence-corrected chi connectivity index (χ3v) is 5.45. The van der Waals surface area contributed by atoms with Crippen LogP contribution in [0.1, 0.15) is 53.9 Å². The zero-order valence-electron chi connectivity index (χ0n) is 11.4. The van der Waals surface area contributed by atoms with E-state index in [0.717, 1.165) is 5.92 Å². The normalized spacial score (nSPS) is 42.4. The zero-order chi connectivity index (χ0) is 12.1. The third kappa shape index (κ3) is 1.48. The van der Waals surface area contributed by atoms with Crippen LogP contribution in [0.4, 0.5) is 0 Å². The predicted molar refractivity (Wildman–Crippen MR) is 68.2 cm³/mol. The van der Waals surface area contributed by atoms with E-state index in [9.17, 15) is 5.11 Å². The summed E-state index contributed by atoms with van der Waals surface area (Å²) in [6.45, 7) is 12.1. The molecule has 2 rings (SSSR count). The first-order valence-corrected chi connectivity index (χ1v) is 6.65. The number of fused-ring (bicyclic) bond motifs is 1. The summed E-state index contributed by atoms with van der Waals surface area (Å²) in [6.07, 6.45) is 3.80. The van der Waals surface area contributed by atoms with Crippen LogP contribution < -0.4 is 0 Å². The number of allylic oxidation sites excluding steroid dienone is 2. The average Bonchev–Trinajstić information content (AvgIpc) is 2.41. The molecule has 0 aromatic heterocycles. The lowest BCUT2D eigenvalue weighted by Crippen LogP contribution is -2.28. The minimum atomic E-state index is 0.197. The van der Waals surface area contributed by atoms with Crippen molar-refractivity contribution in [2.45, 2.75) is 53.9 Å². The summed E-state index contributed by atoms with van der Waals surface area (Å²) in [7, 11) is 0. The molecular formula is C15H26O. The van der Waals surface area contributed by atoms with Crippen LogP contribution in [0.15, 0.2) is 11.1 Å². The summed E-state index contributed by atoms with van der Waals surface area (Å²) in [4.78, 5) is 0. The molecule has 2 aliphatic carbocycles. The SMILES string of the molecule is CC1=C2C(C)(C)[C@@H](CO)C[C@]2(C)CC[C@H]1C. The molecule has 1 heteroatoms. The average molecular weight is 222 g/mol. The molecular weight excluding hydrogens is 196 g/mol. The molecule has 0 spiro atoms. The van der Waals surface area contributed by atoms with Gasteiger partial charge in [-0.15, -0.1) is 0 Å². The van der Waals surface area contributed by atoms with Crippen LogP contribution in [-0.4, -0.2) is 11.7 Å². The summed E-state index contributed by atoms with van der Waals surface area (Å²) in [5, 5.41) is 9.59. The molecule has 1 fully saturated rings. The first-order chi connectivity index (χ1) is 7.33. The van der Waals surface area contributed by atoms with Crippen molar-refractivity contribution >= 4 is 0 Å². The van der Waals surface area contributed by atoms with Crippen LogP contribution in [0.3, 0.4) is 0 Å². The number of aliphatic hydroxyl groups excluding tert-OH is 1. The van der Waals surface area contributed by atoms with E-state index in [0.29, 0.717) is 17.9 Å². The van der Waals surface area contributed by atoms with Gasteiger partial charge in [-0.1, -0.05) is 38.8 Å². The van der Waals surface area contributed by atoms with E-state index < -0.39 is 0 Å². The number of aliphatic hydroxyl groups is 1. The van der Waals surface area contributed by atoms with E-state index in [1.165, 1.54) is 19.3 Å². The highest BCUT2D eigenvalue weighted by Gasteiger charge is 2.53. The van der Waals surface area contributed by atoms with Crippen molar-refractivity contribution in [3.8, 4) is 0 Å². The summed E-state index contributed by atoms with van der Waals surface area (Å²) in [5.74, 6) is 1.19. The van der Waals surface area contributed by atoms with Crippen LogP contribution in [0, 0.1) is 22.7 Å². The quantitative estimate of drug-likeness (QED) is 0.669. The lowest BCUT2D eigenvalue weighted by molar-refractivity contribution is 0.157. The van der Waals surface area contributed by atoms with Gasteiger partial charge < -0.3 is 5.11 Å². The maximum absolute atomic E-state index is 9.59. The summed E-state index contributed by atoms with van der Waals surface area (Å²) < 4.78 is 0. The van der Waals surface area contributed by atoms with Gasteiger partial charge >= 0.3 is 0 Å². The van der Waals surface area contributed by atoms with Crippen LogP contribution in [0.25, 0.3) is 0 Å². The van der Waals surface area contributed by atoms with E-state index in [2.05, 4.69) is 34.6 Å². The first-order valence-electron chi connectivity index (χ1n) is 6.65. The molecule has 1 nitrogen and oxygen atoms in total. The molecule has 0 amide bonds. The highest BCUT2D eigenvalue weighted by atomic mass is 16.3. The Morgan fingerprint density at radius 2 is 1.94 bits per heavy atom. The van der Waals surface area contributed by atoms with Gasteiger partial charge in [0.25, 0.3) is 0 Å². The van der Waals surface area contributed by atoms with Crippen molar-refractivity contribution in [2.24, 2.45) is 22.7 Å². The van der Waals surface area contributed by atoms with Gasteiger partial charge in [-0.05, 0) is 48.9 Å². The molecule has 3 atom stereocenters. The molecule has 1 saturated carbocycles. The first kappa shape index (κ1) is 12.2. The Labute approximate surface area is 99.9 Å². The number of hydrogen-bond acceptors (Lipinski definition) is 1. The number of rotatable bonds is 1. The van der Waals surface area contributed by atoms with E-state index in [1.807, 2.05) is 0 Å². The largest absolute Gasteiger partial charge is 0.396 e. The minimum Gasteiger partial charge on any atom is -0.396 e. The molecule has 0 heterocycles. The second kappa shape index (κ2) is 3.60. The molecule has 0 radical (unpaired) electrons. The molecule has 2 aliphatic rings. The van der Waals surface area contributed by atoms with Gasteiger partial charge in [-0.3, -0.25) is 0 Å². The molecule has 0 aromatic carbocycles. The van der Waals surface area contributed by atoms with Gasteiger partial charge in [0.15, 0.2) is 0 Å². The maximum Gasteiger partial charge on any atom is 0.0467 e. The molecule has 0 bridgehead atoms. The zero-order valence-corrected chi connectivity index (χ0v) is 11.4. The topological polar surface area (TPSA) is 20.2 Å². The van der Waals surface area contributed by atoms with Crippen molar-refractivity contribution in [1.29, 1.82) is 0 Å². The van der Waals surface area contributed by atoms with Crippen LogP contribution in [-0.2, 0) is 0 Å². The smallest absolute Gasteiger partial charge is 0.0467 e. The summed E-state index contributed by atoms with van der Waals surface area (Å²) >= 11 is 0. The Balaban J connectivity index is 2.52. The fourth-order valence-corrected chi connectivity index (χ4v) is 4.38. The van der Waals surface area contributed by atoms with Gasteiger partial charge in [0.05, 0.1) is 0 Å². The summed E-state index contributed by atoms with van der Waals surface area (Å²) in [5.41, 5.74) is 3.84. The van der Waals surface area contributed by atoms with Crippen molar-refractivity contribution in [1.82, 2.24) is 0 Å². The van der Waals surface area contributed by atoms with Crippen molar-refractivity contribution < 1.29 is 5.11 Å². The Hall–Kier alpha value is -0.300. The Kier molecular flexibility index (Phi) is 2.73. The van der Waals surface area contributed by atoms with E-state index in [1.54, 1.807) is 11.1 Å². The van der Waals surface area contributed by atoms with E-state index in [-0.39, 0.29) is 5.41 Å². The Morgan fingerprint density at radius 3 is 2.50 bits per heavy atom. The predicted octanol–water partition coefficient (Wildman–Crippen LogP) is 3.78. The fraction of sp³-hybridized carbons (Fsp3) is 0.867. The lowest BCUT2D eigenvalue weighted by atomic mass is 9.65. The Morgan fingerprint density at radius 1 is 1.31 bits per heavy atom. The lowest BCUT2D eigenvalue weighted by Gasteiger charge is -2.40. The monoisotopic (exact) mass is 222 g/mol. The third-order valence-electron chi connectivity index (χ3n) is 5.45. The standard InChI is InChI=1S/C15H26O/c1-10-6-7-15(5)8-12(9-16)14(3,4)13(15)11(10)2/h10,12,16H,6-9H2,1-5H3/t10-,12-,15+/m1/s1. The van der Waals surface area contributed by atoms with Gasteiger partial charge in [-0.2, -0.15) is 0 Å². The fourth-order valence-electron chi connectivity index (χ4n) is 4.38. The molecule has 1 N–H and O–H groups in total. The number of hydrogen-bond donors (Lipinski definition) is 1. The van der Waals surface area contributed by atoms with Crippen molar-refractivity contribution in [3.63, 3.8) is 0 Å². The van der Waals surface area contributed by atoms with Gasteiger partial charge in [0, 0.05) is 6.61 Å². The highest BCUT2D eigenvalue weighted by Crippen LogP contribution is 2.62. The van der Waals surface area contributed by atoms with Gasteiger partial charge in [-0.25, -0.2) is 0 Å². The Bertz CT molecular complexity index is 326. The maximum atomic E-state index is 9.59. The summed E-state index contributed by atoms with van der Waals surface area (Å²) in [6, 6.07) is 0. The molecule has 0 unspecified atom stereocenters. The van der Waals surface area contributed by atoms with Gasteiger partial charge in [0.2, 0.25) is 0 Å². The van der Waals surface area contributed by atoms with Crippen LogP contribution in [0.5, 0.6) is 0 Å². The minimum absolute atomic E-state index is 0.197. The molecule has 0 aromatic rings. The van der Waals surface area contributed by atoms with E-state index >= 15 is 0 Å². The van der Waals surface area contributed by atoms with Crippen molar-refractivity contribution in [2.75, 3.05) is 6.61 Å².